The summed E-state index contributed by atoms with van der Waals surface area (Å²) in [7, 11) is 0. The van der Waals surface area contributed by atoms with Crippen LogP contribution in [0, 0.1) is 0 Å². The van der Waals surface area contributed by atoms with Gasteiger partial charge in [0, 0.05) is 24.9 Å². The van der Waals surface area contributed by atoms with Gasteiger partial charge in [-0.15, -0.1) is 0 Å². The maximum Gasteiger partial charge on any atom is 1.00 e. The fraction of sp³-hybridized carbons (Fsp3) is 0.250. The topological polar surface area (TPSA) is 158 Å². The predicted octanol–water partition coefficient (Wildman–Crippen LogP) is 0.205. The van der Waals surface area contributed by atoms with Gasteiger partial charge in [0.15, 0.2) is 5.76 Å². The molecule has 43 heavy (non-hydrogen) atoms. The fourth-order valence-electron chi connectivity index (χ4n) is 4.42. The summed E-state index contributed by atoms with van der Waals surface area (Å²) < 4.78 is 5.64. The van der Waals surface area contributed by atoms with E-state index in [0.717, 1.165) is 16.5 Å². The minimum Gasteiger partial charge on any atom is -1.00 e. The van der Waals surface area contributed by atoms with Crippen LogP contribution in [0.15, 0.2) is 89.3 Å². The predicted molar refractivity (Wildman–Crippen MR) is 157 cm³/mol. The molecular weight excluding hydrogens is 561 g/mol. The Bertz CT molecular complexity index is 1500. The van der Waals surface area contributed by atoms with Gasteiger partial charge in [0.1, 0.15) is 17.7 Å². The maximum atomic E-state index is 13.1. The Morgan fingerprint density at radius 2 is 1.49 bits per heavy atom. The molecule has 0 radical (unpaired) electrons. The second-order valence-electron chi connectivity index (χ2n) is 9.86. The molecule has 1 aromatic heterocycles. The molecule has 1 heterocycles. The second-order valence-corrected chi connectivity index (χ2v) is 9.86. The van der Waals surface area contributed by atoms with Crippen molar-refractivity contribution in [3.05, 3.63) is 107 Å². The van der Waals surface area contributed by atoms with Crippen molar-refractivity contribution in [1.29, 1.82) is 0 Å². The Morgan fingerprint density at radius 1 is 0.814 bits per heavy atom. The monoisotopic (exact) mass is 595 g/mol. The summed E-state index contributed by atoms with van der Waals surface area (Å²) in [6.07, 6.45) is 0.0260. The first-order valence-corrected chi connectivity index (χ1v) is 13.7. The first kappa shape index (κ1) is 33.5. The maximum absolute atomic E-state index is 13.1. The van der Waals surface area contributed by atoms with Gasteiger partial charge in [-0.25, -0.2) is 4.79 Å². The number of para-hydroxylation sites is 1. The van der Waals surface area contributed by atoms with Crippen LogP contribution in [0.3, 0.4) is 0 Å². The van der Waals surface area contributed by atoms with Crippen molar-refractivity contribution < 1.29 is 64.8 Å². The van der Waals surface area contributed by atoms with Crippen LogP contribution < -0.4 is 45.5 Å². The number of hydrogen-bond donors (Lipinski definition) is 5. The molecule has 4 aromatic rings. The summed E-state index contributed by atoms with van der Waals surface area (Å²) in [6, 6.07) is 23.4. The molecular formula is C32H34N3NaO7. The molecule has 5 N–H and O–H groups in total. The third-order valence-corrected chi connectivity index (χ3v) is 6.73. The molecule has 11 heteroatoms. The molecule has 0 aliphatic carbocycles. The van der Waals surface area contributed by atoms with E-state index in [1.54, 1.807) is 30.3 Å². The van der Waals surface area contributed by atoms with E-state index in [9.17, 15) is 24.3 Å². The van der Waals surface area contributed by atoms with Gasteiger partial charge in [-0.05, 0) is 54.7 Å². The molecule has 0 saturated heterocycles. The largest absolute Gasteiger partial charge is 1.00 e. The van der Waals surface area contributed by atoms with Gasteiger partial charge >= 0.3 is 35.5 Å². The van der Waals surface area contributed by atoms with Gasteiger partial charge in [0.2, 0.25) is 11.8 Å². The minimum atomic E-state index is -1.20. The van der Waals surface area contributed by atoms with Gasteiger partial charge < -0.3 is 32.0 Å². The zero-order valence-electron chi connectivity index (χ0n) is 24.9. The van der Waals surface area contributed by atoms with Gasteiger partial charge in [0.05, 0.1) is 5.56 Å². The van der Waals surface area contributed by atoms with Crippen LogP contribution in [0.2, 0.25) is 0 Å². The third kappa shape index (κ3) is 10.1. The average molecular weight is 596 g/mol. The molecule has 2 atom stereocenters. The van der Waals surface area contributed by atoms with E-state index in [4.69, 9.17) is 9.52 Å². The fourth-order valence-corrected chi connectivity index (χ4v) is 4.42. The average Bonchev–Trinajstić information content (AvgIpc) is 3.44. The summed E-state index contributed by atoms with van der Waals surface area (Å²) in [4.78, 5) is 49.5. The number of hydrogen-bond acceptors (Lipinski definition) is 6. The van der Waals surface area contributed by atoms with Crippen molar-refractivity contribution >= 4 is 34.7 Å². The van der Waals surface area contributed by atoms with E-state index in [2.05, 4.69) is 16.0 Å². The Morgan fingerprint density at radius 3 is 2.19 bits per heavy atom. The van der Waals surface area contributed by atoms with E-state index < -0.39 is 35.8 Å². The smallest absolute Gasteiger partial charge is 1.00 e. The third-order valence-electron chi connectivity index (χ3n) is 6.73. The Kier molecular flexibility index (Phi) is 13.0. The van der Waals surface area contributed by atoms with Crippen molar-refractivity contribution in [1.82, 2.24) is 16.0 Å². The standard InChI is InChI=1S/C32H33N3O7.Na.H/c36-26(19-22-7-2-1-3-8-22)30(38)33-17-6-10-25(35-31(39)28-20-24-9-4-5-11-27(24)42-28)29(37)34-18-16-21-12-14-23(15-13-21)32(40)41;;/h1-5,7-9,11-15,20,25-26,36H,6,10,16-19H2,(H,33,38)(H,34,37)(H,35,39)(H,40,41);;/q;+1;-1/t25-,26+;;/m0../s1. The number of aromatic carboxylic acids is 1. The molecule has 0 aliphatic heterocycles. The second kappa shape index (κ2) is 16.6. The van der Waals surface area contributed by atoms with Gasteiger partial charge in [-0.3, -0.25) is 14.4 Å². The summed E-state index contributed by atoms with van der Waals surface area (Å²) in [5.41, 5.74) is 2.41. The molecule has 4 rings (SSSR count). The van der Waals surface area contributed by atoms with E-state index >= 15 is 0 Å². The van der Waals surface area contributed by atoms with Crippen molar-refractivity contribution in [2.24, 2.45) is 0 Å². The Hall–Kier alpha value is -3.96. The molecule has 0 spiro atoms. The number of carbonyl (C=O) groups is 4. The summed E-state index contributed by atoms with van der Waals surface area (Å²) in [5, 5.41) is 28.3. The first-order chi connectivity index (χ1) is 20.3. The molecule has 10 nitrogen and oxygen atoms in total. The Labute approximate surface area is 272 Å². The van der Waals surface area contributed by atoms with E-state index in [1.807, 2.05) is 42.5 Å². The van der Waals surface area contributed by atoms with Crippen LogP contribution in [0.5, 0.6) is 0 Å². The number of benzene rings is 3. The molecule has 3 amide bonds. The summed E-state index contributed by atoms with van der Waals surface area (Å²) in [6.45, 7) is 0.468. The van der Waals surface area contributed by atoms with E-state index in [0.29, 0.717) is 18.4 Å². The molecule has 0 aliphatic rings. The molecule has 220 valence electrons. The number of aliphatic hydroxyl groups is 1. The SMILES string of the molecule is O=C(O)c1ccc(CCNC(=O)[C@H](CCCNC(=O)[C@H](O)Cc2ccccc2)NC(=O)c2cc3ccccc3o2)cc1.[H-].[Na+]. The number of rotatable bonds is 14. The number of aliphatic hydroxyl groups excluding tert-OH is 1. The van der Waals surface area contributed by atoms with Gasteiger partial charge in [-0.1, -0.05) is 60.7 Å². The zero-order valence-corrected chi connectivity index (χ0v) is 25.9. The number of furan rings is 1. The van der Waals surface area contributed by atoms with Crippen LogP contribution in [0.4, 0.5) is 0 Å². The van der Waals surface area contributed by atoms with Crippen LogP contribution in [0.1, 0.15) is 46.3 Å². The normalized spacial score (nSPS) is 12.0. The quantitative estimate of drug-likeness (QED) is 0.103. The number of amides is 3. The van der Waals surface area contributed by atoms with E-state index in [-0.39, 0.29) is 68.2 Å². The minimum absolute atomic E-state index is 0. The number of carbonyl (C=O) groups excluding carboxylic acids is 3. The number of carboxylic acids is 1. The molecule has 0 unspecified atom stereocenters. The van der Waals surface area contributed by atoms with Crippen molar-refractivity contribution in [2.45, 2.75) is 37.8 Å². The number of carboxylic acid groups (broad SMARTS) is 1. The van der Waals surface area contributed by atoms with Crippen LogP contribution in [0.25, 0.3) is 11.0 Å². The zero-order chi connectivity index (χ0) is 29.9. The molecule has 0 fully saturated rings. The van der Waals surface area contributed by atoms with Gasteiger partial charge in [0.25, 0.3) is 5.91 Å². The van der Waals surface area contributed by atoms with Crippen LogP contribution >= 0.6 is 0 Å². The van der Waals surface area contributed by atoms with Crippen LogP contribution in [-0.4, -0.2) is 59.1 Å². The van der Waals surface area contributed by atoms with E-state index in [1.165, 1.54) is 12.1 Å². The summed E-state index contributed by atoms with van der Waals surface area (Å²) >= 11 is 0. The van der Waals surface area contributed by atoms with Crippen LogP contribution in [-0.2, 0) is 22.4 Å². The Balaban J connectivity index is 0.00000337. The van der Waals surface area contributed by atoms with Crippen molar-refractivity contribution in [3.63, 3.8) is 0 Å². The van der Waals surface area contributed by atoms with Gasteiger partial charge in [-0.2, -0.15) is 0 Å². The number of fused-ring (bicyclic) bond motifs is 1. The molecule has 0 bridgehead atoms. The first-order valence-electron chi connectivity index (χ1n) is 13.7. The summed E-state index contributed by atoms with van der Waals surface area (Å²) in [5.74, 6) is -2.40. The van der Waals surface area contributed by atoms with Crippen molar-refractivity contribution in [2.75, 3.05) is 13.1 Å². The molecule has 3 aromatic carbocycles. The molecule has 0 saturated carbocycles. The van der Waals surface area contributed by atoms with Crippen molar-refractivity contribution in [3.8, 4) is 0 Å². The number of nitrogens with one attached hydrogen (secondary N) is 3.